The molecule has 0 aromatic rings. The fourth-order valence-corrected chi connectivity index (χ4v) is 1.27. The molecule has 1 atom stereocenters. The fraction of sp³-hybridized carbons (Fsp3) is 0.250. The lowest BCUT2D eigenvalue weighted by molar-refractivity contribution is 0.941. The Hall–Kier alpha value is -0.0800. The van der Waals surface area contributed by atoms with E-state index in [9.17, 15) is 0 Å². The molecule has 54 valence electrons. The van der Waals surface area contributed by atoms with Crippen molar-refractivity contribution in [2.24, 2.45) is 5.92 Å². The second-order valence-corrected chi connectivity index (χ2v) is 3.31. The van der Waals surface area contributed by atoms with Crippen LogP contribution in [0.15, 0.2) is 34.1 Å². The zero-order valence-corrected chi connectivity index (χ0v) is 7.57. The lowest BCUT2D eigenvalue weighted by Crippen LogP contribution is -1.81. The molecule has 0 spiro atoms. The van der Waals surface area contributed by atoms with Gasteiger partial charge >= 0.3 is 0 Å². The molecule has 0 aromatic heterocycles. The van der Waals surface area contributed by atoms with E-state index in [0.717, 1.165) is 9.81 Å². The molecule has 0 saturated heterocycles. The van der Waals surface area contributed by atoms with Gasteiger partial charge in [-0.15, -0.1) is 25.3 Å². The first-order chi connectivity index (χ1) is 4.70. The summed E-state index contributed by atoms with van der Waals surface area (Å²) in [5.41, 5.74) is 0. The summed E-state index contributed by atoms with van der Waals surface area (Å²) in [5, 5.41) is 0. The molecule has 0 fully saturated rings. The summed E-state index contributed by atoms with van der Waals surface area (Å²) >= 11 is 8.49. The number of rotatable bonds is 0. The first-order valence-electron chi connectivity index (χ1n) is 3.19. The topological polar surface area (TPSA) is 0 Å². The third-order valence-corrected chi connectivity index (χ3v) is 2.31. The minimum Gasteiger partial charge on any atom is -0.143 e. The predicted octanol–water partition coefficient (Wildman–Crippen LogP) is 2.82. The number of hydrogen-bond acceptors (Lipinski definition) is 2. The molecule has 10 heavy (non-hydrogen) atoms. The highest BCUT2D eigenvalue weighted by atomic mass is 32.1. The van der Waals surface area contributed by atoms with Crippen molar-refractivity contribution in [1.29, 1.82) is 0 Å². The van der Waals surface area contributed by atoms with Gasteiger partial charge in [-0.25, -0.2) is 0 Å². The summed E-state index contributed by atoms with van der Waals surface area (Å²) in [6, 6.07) is 0. The van der Waals surface area contributed by atoms with Crippen molar-refractivity contribution in [3.8, 4) is 0 Å². The van der Waals surface area contributed by atoms with E-state index in [2.05, 4.69) is 44.3 Å². The Morgan fingerprint density at radius 1 is 1.30 bits per heavy atom. The van der Waals surface area contributed by atoms with Gasteiger partial charge in [0.05, 0.1) is 0 Å². The van der Waals surface area contributed by atoms with Crippen LogP contribution in [0.4, 0.5) is 0 Å². The van der Waals surface area contributed by atoms with E-state index in [1.165, 1.54) is 0 Å². The molecular weight excluding hydrogens is 160 g/mol. The second kappa shape index (κ2) is 3.35. The summed E-state index contributed by atoms with van der Waals surface area (Å²) in [5.74, 6) is 0.466. The zero-order chi connectivity index (χ0) is 7.56. The predicted molar refractivity (Wildman–Crippen MR) is 52.4 cm³/mol. The maximum atomic E-state index is 4.26. The highest BCUT2D eigenvalue weighted by Crippen LogP contribution is 2.22. The molecule has 0 nitrogen and oxygen atoms in total. The smallest absolute Gasteiger partial charge is 0.0171 e. The number of hydrogen-bond donors (Lipinski definition) is 2. The van der Waals surface area contributed by atoms with Gasteiger partial charge in [-0.3, -0.25) is 0 Å². The molecule has 0 aromatic carbocycles. The van der Waals surface area contributed by atoms with E-state index in [-0.39, 0.29) is 0 Å². The maximum Gasteiger partial charge on any atom is 0.0171 e. The molecule has 0 aliphatic heterocycles. The Kier molecular flexibility index (Phi) is 2.69. The van der Waals surface area contributed by atoms with Crippen molar-refractivity contribution < 1.29 is 0 Å². The minimum atomic E-state index is 0.466. The summed E-state index contributed by atoms with van der Waals surface area (Å²) in [6.07, 6.45) is 8.14. The van der Waals surface area contributed by atoms with E-state index in [1.54, 1.807) is 0 Å². The molecule has 0 N–H and O–H groups in total. The van der Waals surface area contributed by atoms with E-state index in [0.29, 0.717) is 5.92 Å². The molecule has 0 heterocycles. The van der Waals surface area contributed by atoms with Crippen LogP contribution in [0.25, 0.3) is 0 Å². The van der Waals surface area contributed by atoms with E-state index < -0.39 is 0 Å². The average Bonchev–Trinajstić information content (AvgIpc) is 1.96. The Morgan fingerprint density at radius 3 is 2.70 bits per heavy atom. The first-order valence-corrected chi connectivity index (χ1v) is 4.08. The van der Waals surface area contributed by atoms with Crippen molar-refractivity contribution in [3.63, 3.8) is 0 Å². The Morgan fingerprint density at radius 2 is 2.00 bits per heavy atom. The summed E-state index contributed by atoms with van der Waals surface area (Å²) < 4.78 is 0. The third-order valence-electron chi connectivity index (χ3n) is 1.35. The van der Waals surface area contributed by atoms with Crippen LogP contribution in [0.2, 0.25) is 0 Å². The van der Waals surface area contributed by atoms with Gasteiger partial charge in [0.1, 0.15) is 0 Å². The Balaban J connectivity index is 2.90. The van der Waals surface area contributed by atoms with Gasteiger partial charge in [0.15, 0.2) is 0 Å². The van der Waals surface area contributed by atoms with Gasteiger partial charge in [0, 0.05) is 9.81 Å². The molecular formula is C8H10S2. The number of thiol groups is 2. The highest BCUT2D eigenvalue weighted by Gasteiger charge is 1.99. The molecule has 0 amide bonds. The van der Waals surface area contributed by atoms with Crippen molar-refractivity contribution in [2.75, 3.05) is 0 Å². The SMILES string of the molecule is CC1C=CC=C(S)C(S)=C1. The summed E-state index contributed by atoms with van der Waals surface area (Å²) in [7, 11) is 0. The monoisotopic (exact) mass is 170 g/mol. The normalized spacial score (nSPS) is 25.3. The van der Waals surface area contributed by atoms with Gasteiger partial charge in [-0.2, -0.15) is 0 Å². The zero-order valence-electron chi connectivity index (χ0n) is 5.78. The summed E-state index contributed by atoms with van der Waals surface area (Å²) in [4.78, 5) is 1.89. The van der Waals surface area contributed by atoms with Crippen molar-refractivity contribution in [2.45, 2.75) is 6.92 Å². The van der Waals surface area contributed by atoms with Crippen LogP contribution in [0.3, 0.4) is 0 Å². The minimum absolute atomic E-state index is 0.466. The largest absolute Gasteiger partial charge is 0.143 e. The van der Waals surface area contributed by atoms with Crippen LogP contribution in [0.5, 0.6) is 0 Å². The third kappa shape index (κ3) is 1.96. The fourth-order valence-electron chi connectivity index (χ4n) is 0.797. The van der Waals surface area contributed by atoms with Gasteiger partial charge in [0.25, 0.3) is 0 Å². The van der Waals surface area contributed by atoms with Crippen LogP contribution in [0, 0.1) is 5.92 Å². The van der Waals surface area contributed by atoms with Gasteiger partial charge in [-0.1, -0.05) is 25.2 Å². The van der Waals surface area contributed by atoms with Gasteiger partial charge < -0.3 is 0 Å². The molecule has 0 radical (unpaired) electrons. The molecule has 2 heteroatoms. The molecule has 0 saturated carbocycles. The molecule has 1 aliphatic rings. The average molecular weight is 170 g/mol. The van der Waals surface area contributed by atoms with Crippen molar-refractivity contribution in [1.82, 2.24) is 0 Å². The van der Waals surface area contributed by atoms with Crippen molar-refractivity contribution >= 4 is 25.3 Å². The van der Waals surface area contributed by atoms with Crippen LogP contribution in [-0.2, 0) is 0 Å². The van der Waals surface area contributed by atoms with Gasteiger partial charge in [0.2, 0.25) is 0 Å². The highest BCUT2D eigenvalue weighted by molar-refractivity contribution is 7.90. The van der Waals surface area contributed by atoms with Crippen LogP contribution in [-0.4, -0.2) is 0 Å². The first kappa shape index (κ1) is 8.02. The van der Waals surface area contributed by atoms with Gasteiger partial charge in [-0.05, 0) is 12.0 Å². The Labute approximate surface area is 72.5 Å². The lowest BCUT2D eigenvalue weighted by atomic mass is 10.2. The van der Waals surface area contributed by atoms with E-state index >= 15 is 0 Å². The maximum absolute atomic E-state index is 4.26. The van der Waals surface area contributed by atoms with E-state index in [1.807, 2.05) is 12.2 Å². The standard InChI is InChI=1S/C8H10S2/c1-6-3-2-4-7(9)8(10)5-6/h2-6,9-10H,1H3. The second-order valence-electron chi connectivity index (χ2n) is 2.35. The molecule has 1 aliphatic carbocycles. The Bertz CT molecular complexity index is 211. The van der Waals surface area contributed by atoms with Crippen LogP contribution >= 0.6 is 25.3 Å². The van der Waals surface area contributed by atoms with Crippen LogP contribution < -0.4 is 0 Å². The molecule has 1 rings (SSSR count). The lowest BCUT2D eigenvalue weighted by Gasteiger charge is -1.98. The molecule has 0 bridgehead atoms. The van der Waals surface area contributed by atoms with Crippen molar-refractivity contribution in [3.05, 3.63) is 34.1 Å². The quantitative estimate of drug-likeness (QED) is 0.513. The van der Waals surface area contributed by atoms with E-state index in [4.69, 9.17) is 0 Å². The molecule has 1 unspecified atom stereocenters. The number of allylic oxidation sites excluding steroid dienone is 4. The van der Waals surface area contributed by atoms with Crippen LogP contribution in [0.1, 0.15) is 6.92 Å². The summed E-state index contributed by atoms with van der Waals surface area (Å²) in [6.45, 7) is 2.12.